The summed E-state index contributed by atoms with van der Waals surface area (Å²) in [5.41, 5.74) is 1.06. The predicted octanol–water partition coefficient (Wildman–Crippen LogP) is 3.13. The number of hydrogen-bond acceptors (Lipinski definition) is 3. The summed E-state index contributed by atoms with van der Waals surface area (Å²) in [6.45, 7) is 8.11. The quantitative estimate of drug-likeness (QED) is 0.766. The van der Waals surface area contributed by atoms with Gasteiger partial charge >= 0.3 is 0 Å². The van der Waals surface area contributed by atoms with Crippen LogP contribution >= 0.6 is 0 Å². The van der Waals surface area contributed by atoms with E-state index >= 15 is 0 Å². The third-order valence-corrected chi connectivity index (χ3v) is 3.20. The number of benzene rings is 1. The molecule has 0 aliphatic carbocycles. The average molecular weight is 243 g/mol. The van der Waals surface area contributed by atoms with Gasteiger partial charge in [-0.25, -0.2) is 8.42 Å². The maximum absolute atomic E-state index is 10.6. The smallest absolute Gasteiger partial charge is 0.124 e. The highest BCUT2D eigenvalue weighted by Crippen LogP contribution is 2.20. The zero-order valence-corrected chi connectivity index (χ0v) is 11.0. The van der Waals surface area contributed by atoms with E-state index < -0.39 is 10.1 Å². The topological polar surface area (TPSA) is 57.2 Å². The summed E-state index contributed by atoms with van der Waals surface area (Å²) in [4.78, 5) is -0.162. The Kier molecular flexibility index (Phi) is 6.29. The standard InChI is InChI=1S/C10H14O3S.C2H6/c1-3-8(2)9-4-6-10(7-5-9)14(11,12)13;1-2/h4-8H,3H2,1-2H3,(H,11,12,13);1-2H3/p-1. The van der Waals surface area contributed by atoms with Crippen molar-refractivity contribution in [3.8, 4) is 0 Å². The van der Waals surface area contributed by atoms with Crippen molar-refractivity contribution in [3.63, 3.8) is 0 Å². The third kappa shape index (κ3) is 4.33. The van der Waals surface area contributed by atoms with Crippen LogP contribution in [0.3, 0.4) is 0 Å². The molecule has 0 spiro atoms. The van der Waals surface area contributed by atoms with Crippen molar-refractivity contribution >= 4 is 10.1 Å². The van der Waals surface area contributed by atoms with Gasteiger partial charge in [-0.3, -0.25) is 0 Å². The first kappa shape index (κ1) is 15.1. The van der Waals surface area contributed by atoms with Gasteiger partial charge in [0.25, 0.3) is 0 Å². The van der Waals surface area contributed by atoms with E-state index in [1.165, 1.54) is 12.1 Å². The lowest BCUT2D eigenvalue weighted by Crippen LogP contribution is -1.99. The first-order valence-corrected chi connectivity index (χ1v) is 6.92. The van der Waals surface area contributed by atoms with Crippen LogP contribution in [0.2, 0.25) is 0 Å². The van der Waals surface area contributed by atoms with Gasteiger partial charge < -0.3 is 4.55 Å². The Balaban J connectivity index is 0.00000106. The van der Waals surface area contributed by atoms with Crippen LogP contribution in [0.15, 0.2) is 29.2 Å². The largest absolute Gasteiger partial charge is 0.744 e. The summed E-state index contributed by atoms with van der Waals surface area (Å²) in [6, 6.07) is 6.12. The van der Waals surface area contributed by atoms with Crippen LogP contribution in [0.25, 0.3) is 0 Å². The molecule has 92 valence electrons. The molecule has 0 amide bonds. The fraction of sp³-hybridized carbons (Fsp3) is 0.500. The highest BCUT2D eigenvalue weighted by molar-refractivity contribution is 7.85. The van der Waals surface area contributed by atoms with E-state index in [2.05, 4.69) is 13.8 Å². The van der Waals surface area contributed by atoms with Gasteiger partial charge in [0.15, 0.2) is 0 Å². The van der Waals surface area contributed by atoms with E-state index in [1.54, 1.807) is 12.1 Å². The summed E-state index contributed by atoms with van der Waals surface area (Å²) < 4.78 is 31.9. The average Bonchev–Trinajstić information content (AvgIpc) is 2.30. The van der Waals surface area contributed by atoms with E-state index in [1.807, 2.05) is 13.8 Å². The molecule has 0 saturated carbocycles. The van der Waals surface area contributed by atoms with Crippen molar-refractivity contribution in [2.45, 2.75) is 44.9 Å². The van der Waals surface area contributed by atoms with E-state index in [9.17, 15) is 13.0 Å². The van der Waals surface area contributed by atoms with Gasteiger partial charge in [-0.2, -0.15) is 0 Å². The van der Waals surface area contributed by atoms with Crippen molar-refractivity contribution in [1.29, 1.82) is 0 Å². The molecule has 0 bridgehead atoms. The minimum atomic E-state index is -4.30. The SMILES string of the molecule is CC.CCC(C)c1ccc(S(=O)(=O)[O-])cc1. The number of rotatable bonds is 3. The van der Waals surface area contributed by atoms with E-state index in [0.717, 1.165) is 12.0 Å². The maximum Gasteiger partial charge on any atom is 0.124 e. The van der Waals surface area contributed by atoms with E-state index in [0.29, 0.717) is 5.92 Å². The van der Waals surface area contributed by atoms with Crippen LogP contribution in [0.1, 0.15) is 45.6 Å². The van der Waals surface area contributed by atoms with E-state index in [-0.39, 0.29) is 4.90 Å². The molecular formula is C12H19O3S-. The molecule has 0 aliphatic heterocycles. The van der Waals surface area contributed by atoms with Gasteiger partial charge in [0, 0.05) is 0 Å². The maximum atomic E-state index is 10.6. The summed E-state index contributed by atoms with van der Waals surface area (Å²) in [5.74, 6) is 0.387. The van der Waals surface area contributed by atoms with Crippen molar-refractivity contribution in [2.75, 3.05) is 0 Å². The molecule has 1 aromatic carbocycles. The molecule has 1 aromatic rings. The molecule has 4 heteroatoms. The molecule has 1 unspecified atom stereocenters. The van der Waals surface area contributed by atoms with Crippen LogP contribution in [0.4, 0.5) is 0 Å². The molecule has 16 heavy (non-hydrogen) atoms. The lowest BCUT2D eigenvalue weighted by molar-refractivity contribution is 0.463. The van der Waals surface area contributed by atoms with Crippen LogP contribution < -0.4 is 0 Å². The molecule has 1 atom stereocenters. The van der Waals surface area contributed by atoms with Crippen LogP contribution in [0, 0.1) is 0 Å². The second-order valence-electron chi connectivity index (χ2n) is 3.33. The van der Waals surface area contributed by atoms with Crippen LogP contribution in [0.5, 0.6) is 0 Å². The minimum Gasteiger partial charge on any atom is -0.744 e. The Morgan fingerprint density at radius 1 is 1.19 bits per heavy atom. The molecule has 0 aromatic heterocycles. The Hall–Kier alpha value is -0.870. The third-order valence-electron chi connectivity index (χ3n) is 2.35. The fourth-order valence-electron chi connectivity index (χ4n) is 1.20. The zero-order valence-electron chi connectivity index (χ0n) is 10.2. The Labute approximate surface area is 98.3 Å². The first-order chi connectivity index (χ1) is 7.45. The van der Waals surface area contributed by atoms with Crippen molar-refractivity contribution in [3.05, 3.63) is 29.8 Å². The Morgan fingerprint density at radius 2 is 1.62 bits per heavy atom. The van der Waals surface area contributed by atoms with Crippen molar-refractivity contribution in [2.24, 2.45) is 0 Å². The second-order valence-corrected chi connectivity index (χ2v) is 4.71. The van der Waals surface area contributed by atoms with Gasteiger partial charge in [-0.1, -0.05) is 39.8 Å². The van der Waals surface area contributed by atoms with E-state index in [4.69, 9.17) is 0 Å². The van der Waals surface area contributed by atoms with Crippen LogP contribution in [-0.4, -0.2) is 13.0 Å². The minimum absolute atomic E-state index is 0.162. The first-order valence-electron chi connectivity index (χ1n) is 5.51. The molecule has 0 N–H and O–H groups in total. The summed E-state index contributed by atoms with van der Waals surface area (Å²) in [6.07, 6.45) is 0.990. The highest BCUT2D eigenvalue weighted by Gasteiger charge is 2.04. The number of hydrogen-bond donors (Lipinski definition) is 0. The van der Waals surface area contributed by atoms with Crippen LogP contribution in [-0.2, 0) is 10.1 Å². The van der Waals surface area contributed by atoms with Gasteiger partial charge in [0.05, 0.1) is 4.90 Å². The summed E-state index contributed by atoms with van der Waals surface area (Å²) in [5, 5.41) is 0. The Bertz CT molecular complexity index is 393. The molecule has 3 nitrogen and oxygen atoms in total. The van der Waals surface area contributed by atoms with Gasteiger partial charge in [0.2, 0.25) is 0 Å². The Morgan fingerprint density at radius 3 is 1.94 bits per heavy atom. The lowest BCUT2D eigenvalue weighted by atomic mass is 9.99. The molecule has 0 saturated heterocycles. The fourth-order valence-corrected chi connectivity index (χ4v) is 1.67. The molecular weight excluding hydrogens is 224 g/mol. The monoisotopic (exact) mass is 243 g/mol. The molecule has 1 rings (SSSR count). The molecule has 0 heterocycles. The van der Waals surface area contributed by atoms with Crippen molar-refractivity contribution in [1.82, 2.24) is 0 Å². The molecule has 0 radical (unpaired) electrons. The lowest BCUT2D eigenvalue weighted by Gasteiger charge is -2.11. The second kappa shape index (κ2) is 6.66. The predicted molar refractivity (Wildman–Crippen MR) is 64.5 cm³/mol. The normalized spacial score (nSPS) is 12.6. The van der Waals surface area contributed by atoms with Gasteiger partial charge in [-0.15, -0.1) is 0 Å². The van der Waals surface area contributed by atoms with Gasteiger partial charge in [0.1, 0.15) is 10.1 Å². The summed E-state index contributed by atoms with van der Waals surface area (Å²) in [7, 11) is -4.30. The molecule has 0 aliphatic rings. The van der Waals surface area contributed by atoms with Gasteiger partial charge in [-0.05, 0) is 30.0 Å². The zero-order chi connectivity index (χ0) is 12.8. The summed E-state index contributed by atoms with van der Waals surface area (Å²) >= 11 is 0. The molecule has 0 fully saturated rings. The highest BCUT2D eigenvalue weighted by atomic mass is 32.2. The van der Waals surface area contributed by atoms with Crippen molar-refractivity contribution < 1.29 is 13.0 Å².